The number of anilines is 3. The van der Waals surface area contributed by atoms with Crippen LogP contribution in [0.5, 0.6) is 0 Å². The van der Waals surface area contributed by atoms with Gasteiger partial charge in [-0.2, -0.15) is 0 Å². The number of amides is 1. The molecule has 7 nitrogen and oxygen atoms in total. The van der Waals surface area contributed by atoms with Crippen LogP contribution in [-0.2, 0) is 18.4 Å². The maximum atomic E-state index is 12.7. The Morgan fingerprint density at radius 1 is 1.28 bits per heavy atom. The number of fused-ring (bicyclic) bond motifs is 1. The van der Waals surface area contributed by atoms with E-state index in [0.29, 0.717) is 18.2 Å². The number of carbonyl (C=O) groups excluding carboxylic acids is 1. The van der Waals surface area contributed by atoms with E-state index in [-0.39, 0.29) is 11.3 Å². The van der Waals surface area contributed by atoms with Gasteiger partial charge in [0.25, 0.3) is 5.91 Å². The molecule has 2 aromatic heterocycles. The summed E-state index contributed by atoms with van der Waals surface area (Å²) in [4.78, 5) is 27.8. The summed E-state index contributed by atoms with van der Waals surface area (Å²) in [5.41, 5.74) is 10.1. The molecule has 3 aromatic rings. The van der Waals surface area contributed by atoms with Gasteiger partial charge >= 0.3 is 0 Å². The van der Waals surface area contributed by atoms with Crippen molar-refractivity contribution in [3.8, 4) is 0 Å². The van der Waals surface area contributed by atoms with Crippen LogP contribution in [0.15, 0.2) is 35.8 Å². The highest BCUT2D eigenvalue weighted by atomic mass is 32.1. The molecule has 29 heavy (non-hydrogen) atoms. The predicted octanol–water partition coefficient (Wildman–Crippen LogP) is 3.63. The lowest BCUT2D eigenvalue weighted by Gasteiger charge is -2.27. The van der Waals surface area contributed by atoms with Gasteiger partial charge in [0.15, 0.2) is 5.13 Å². The van der Waals surface area contributed by atoms with Gasteiger partial charge in [-0.15, -0.1) is 11.3 Å². The average Bonchev–Trinajstić information content (AvgIpc) is 3.17. The smallest absolute Gasteiger partial charge is 0.275 e. The topological polar surface area (TPSA) is 97.0 Å². The van der Waals surface area contributed by atoms with Crippen LogP contribution >= 0.6 is 11.3 Å². The Kier molecular flexibility index (Phi) is 4.96. The fourth-order valence-corrected chi connectivity index (χ4v) is 4.10. The number of nitrogens with one attached hydrogen (secondary N) is 1. The van der Waals surface area contributed by atoms with Crippen LogP contribution in [-0.4, -0.2) is 27.4 Å². The highest BCUT2D eigenvalue weighted by Gasteiger charge is 2.22. The van der Waals surface area contributed by atoms with Gasteiger partial charge in [0.05, 0.1) is 5.69 Å². The first-order chi connectivity index (χ1) is 13.8. The van der Waals surface area contributed by atoms with Crippen molar-refractivity contribution in [1.29, 1.82) is 0 Å². The lowest BCUT2D eigenvalue weighted by Crippen LogP contribution is -2.31. The van der Waals surface area contributed by atoms with Crippen molar-refractivity contribution in [2.45, 2.75) is 39.2 Å². The predicted molar refractivity (Wildman–Crippen MR) is 116 cm³/mol. The number of nitrogens with two attached hydrogens (primary N) is 1. The highest BCUT2D eigenvalue weighted by molar-refractivity contribution is 7.13. The molecule has 3 N–H and O–H groups in total. The lowest BCUT2D eigenvalue weighted by molar-refractivity contribution is 0.102. The van der Waals surface area contributed by atoms with Crippen molar-refractivity contribution < 1.29 is 4.79 Å². The zero-order chi connectivity index (χ0) is 20.6. The molecule has 0 radical (unpaired) electrons. The van der Waals surface area contributed by atoms with E-state index >= 15 is 0 Å². The summed E-state index contributed by atoms with van der Waals surface area (Å²) in [6, 6.07) is 7.94. The third kappa shape index (κ3) is 4.22. The van der Waals surface area contributed by atoms with E-state index in [1.54, 1.807) is 11.6 Å². The molecule has 8 heteroatoms. The molecule has 0 fully saturated rings. The van der Waals surface area contributed by atoms with Crippen LogP contribution in [0.2, 0.25) is 0 Å². The number of benzene rings is 1. The molecule has 1 amide bonds. The number of thiazole rings is 1. The van der Waals surface area contributed by atoms with E-state index in [9.17, 15) is 4.79 Å². The Hall–Kier alpha value is -3.00. The summed E-state index contributed by atoms with van der Waals surface area (Å²) in [6.45, 7) is 7.90. The molecular formula is C21H24N6OS. The normalized spacial score (nSPS) is 13.8. The second kappa shape index (κ2) is 7.44. The van der Waals surface area contributed by atoms with E-state index in [1.807, 2.05) is 18.2 Å². The van der Waals surface area contributed by atoms with Crippen molar-refractivity contribution in [2.75, 3.05) is 22.5 Å². The number of hydrogen-bond acceptors (Lipinski definition) is 7. The SMILES string of the molecule is CC(C)(C)c1cccc(NC(=O)c2csc(N3CCc4nc(N)ncc4C3)n2)c1. The lowest BCUT2D eigenvalue weighted by atomic mass is 9.87. The largest absolute Gasteiger partial charge is 0.368 e. The summed E-state index contributed by atoms with van der Waals surface area (Å²) in [5.74, 6) is 0.105. The zero-order valence-electron chi connectivity index (χ0n) is 16.8. The minimum Gasteiger partial charge on any atom is -0.368 e. The Morgan fingerprint density at radius 3 is 2.90 bits per heavy atom. The molecular weight excluding hydrogens is 384 g/mol. The molecule has 0 atom stereocenters. The summed E-state index contributed by atoms with van der Waals surface area (Å²) < 4.78 is 0. The van der Waals surface area contributed by atoms with Gasteiger partial charge in [0.1, 0.15) is 5.69 Å². The van der Waals surface area contributed by atoms with Gasteiger partial charge in [-0.25, -0.2) is 15.0 Å². The minimum absolute atomic E-state index is 0.0213. The molecule has 0 saturated heterocycles. The molecule has 1 aliphatic heterocycles. The van der Waals surface area contributed by atoms with E-state index in [1.165, 1.54) is 16.9 Å². The maximum absolute atomic E-state index is 12.7. The Labute approximate surface area is 174 Å². The fraction of sp³-hybridized carbons (Fsp3) is 0.333. The summed E-state index contributed by atoms with van der Waals surface area (Å²) in [6.07, 6.45) is 2.55. The molecule has 1 aromatic carbocycles. The fourth-order valence-electron chi connectivity index (χ4n) is 3.27. The second-order valence-electron chi connectivity index (χ2n) is 8.17. The van der Waals surface area contributed by atoms with Crippen LogP contribution in [0, 0.1) is 0 Å². The summed E-state index contributed by atoms with van der Waals surface area (Å²) >= 11 is 1.47. The molecule has 0 unspecified atom stereocenters. The number of aromatic nitrogens is 3. The Bertz CT molecular complexity index is 1060. The number of nitrogen functional groups attached to an aromatic ring is 1. The molecule has 0 saturated carbocycles. The quantitative estimate of drug-likeness (QED) is 0.687. The third-order valence-electron chi connectivity index (χ3n) is 4.93. The van der Waals surface area contributed by atoms with Gasteiger partial charge in [-0.1, -0.05) is 32.9 Å². The number of hydrogen-bond donors (Lipinski definition) is 2. The van der Waals surface area contributed by atoms with E-state index in [4.69, 9.17) is 5.73 Å². The Balaban J connectivity index is 1.47. The molecule has 150 valence electrons. The third-order valence-corrected chi connectivity index (χ3v) is 5.84. The molecule has 4 rings (SSSR count). The van der Waals surface area contributed by atoms with E-state index < -0.39 is 0 Å². The van der Waals surface area contributed by atoms with Crippen molar-refractivity contribution in [3.63, 3.8) is 0 Å². The number of nitrogens with zero attached hydrogens (tertiary/aromatic N) is 4. The molecule has 0 aliphatic carbocycles. The number of rotatable bonds is 3. The van der Waals surface area contributed by atoms with Crippen molar-refractivity contribution in [3.05, 3.63) is 58.4 Å². The molecule has 0 bridgehead atoms. The Morgan fingerprint density at radius 2 is 2.10 bits per heavy atom. The first-order valence-electron chi connectivity index (χ1n) is 9.52. The summed E-state index contributed by atoms with van der Waals surface area (Å²) in [5, 5.41) is 5.58. The molecule has 3 heterocycles. The van der Waals surface area contributed by atoms with Crippen molar-refractivity contribution in [1.82, 2.24) is 15.0 Å². The van der Waals surface area contributed by atoms with Gasteiger partial charge < -0.3 is 16.0 Å². The van der Waals surface area contributed by atoms with Gasteiger partial charge in [0, 0.05) is 42.3 Å². The van der Waals surface area contributed by atoms with Crippen LogP contribution in [0.4, 0.5) is 16.8 Å². The van der Waals surface area contributed by atoms with Gasteiger partial charge in [-0.05, 0) is 23.1 Å². The van der Waals surface area contributed by atoms with Crippen LogP contribution in [0.25, 0.3) is 0 Å². The van der Waals surface area contributed by atoms with E-state index in [0.717, 1.165) is 35.0 Å². The first kappa shape index (κ1) is 19.3. The average molecular weight is 409 g/mol. The van der Waals surface area contributed by atoms with Crippen LogP contribution < -0.4 is 16.0 Å². The summed E-state index contributed by atoms with van der Waals surface area (Å²) in [7, 11) is 0. The van der Waals surface area contributed by atoms with E-state index in [2.05, 4.69) is 52.0 Å². The highest BCUT2D eigenvalue weighted by Crippen LogP contribution is 2.28. The second-order valence-corrected chi connectivity index (χ2v) is 9.01. The maximum Gasteiger partial charge on any atom is 0.275 e. The van der Waals surface area contributed by atoms with Crippen molar-refractivity contribution in [2.24, 2.45) is 0 Å². The van der Waals surface area contributed by atoms with Gasteiger partial charge in [-0.3, -0.25) is 4.79 Å². The number of carbonyl (C=O) groups is 1. The van der Waals surface area contributed by atoms with Crippen LogP contribution in [0.1, 0.15) is 48.1 Å². The zero-order valence-corrected chi connectivity index (χ0v) is 17.6. The van der Waals surface area contributed by atoms with Crippen molar-refractivity contribution >= 4 is 34.0 Å². The van der Waals surface area contributed by atoms with Crippen LogP contribution in [0.3, 0.4) is 0 Å². The minimum atomic E-state index is -0.202. The first-order valence-corrected chi connectivity index (χ1v) is 10.4. The van der Waals surface area contributed by atoms with Gasteiger partial charge in [0.2, 0.25) is 5.95 Å². The molecule has 0 spiro atoms. The standard InChI is InChI=1S/C21H24N6OS/c1-21(2,3)14-5-4-6-15(9-14)24-18(28)17-12-29-20(26-17)27-8-7-16-13(11-27)10-23-19(22)25-16/h4-6,9-10,12H,7-8,11H2,1-3H3,(H,24,28)(H2,22,23,25). The monoisotopic (exact) mass is 408 g/mol. The molecule has 1 aliphatic rings.